The third-order valence-electron chi connectivity index (χ3n) is 3.66. The molecule has 0 aliphatic rings. The van der Waals surface area contributed by atoms with Gasteiger partial charge in [0.25, 0.3) is 0 Å². The quantitative estimate of drug-likeness (QED) is 0.588. The molecule has 2 aromatic carbocycles. The van der Waals surface area contributed by atoms with Crippen LogP contribution in [0.2, 0.25) is 5.02 Å². The van der Waals surface area contributed by atoms with E-state index in [1.54, 1.807) is 25.1 Å². The fourth-order valence-electron chi connectivity index (χ4n) is 2.28. The van der Waals surface area contributed by atoms with Gasteiger partial charge in [0.05, 0.1) is 17.8 Å². The molecule has 2 N–H and O–H groups in total. The van der Waals surface area contributed by atoms with E-state index in [0.29, 0.717) is 28.4 Å². The van der Waals surface area contributed by atoms with Crippen molar-refractivity contribution < 1.29 is 27.8 Å². The van der Waals surface area contributed by atoms with Crippen LogP contribution in [0.1, 0.15) is 18.9 Å². The maximum absolute atomic E-state index is 12.4. The second kappa shape index (κ2) is 10.4. The molecule has 2 rings (SSSR count). The standard InChI is InChI=1S/C20H19ClF2N2O4/c1-3-18(26)24-13-6-7-14(21)15(11-13)25-19(27)9-5-12-4-8-16(29-20(22)23)17(10-12)28-2/h4-11,20H,3H2,1-2H3,(H,24,26)(H,25,27)/b9-5+. The topological polar surface area (TPSA) is 76.7 Å². The Morgan fingerprint density at radius 2 is 1.90 bits per heavy atom. The van der Waals surface area contributed by atoms with Gasteiger partial charge in [0, 0.05) is 18.2 Å². The van der Waals surface area contributed by atoms with E-state index in [4.69, 9.17) is 16.3 Å². The number of benzene rings is 2. The summed E-state index contributed by atoms with van der Waals surface area (Å²) in [5.41, 5.74) is 1.36. The summed E-state index contributed by atoms with van der Waals surface area (Å²) in [6, 6.07) is 8.99. The molecule has 2 amide bonds. The number of carbonyl (C=O) groups excluding carboxylic acids is 2. The van der Waals surface area contributed by atoms with Crippen molar-refractivity contribution in [3.8, 4) is 11.5 Å². The molecular formula is C20H19ClF2N2O4. The number of amides is 2. The van der Waals surface area contributed by atoms with Crippen LogP contribution in [0.5, 0.6) is 11.5 Å². The van der Waals surface area contributed by atoms with Crippen LogP contribution in [0.3, 0.4) is 0 Å². The molecule has 0 saturated heterocycles. The number of hydrogen-bond acceptors (Lipinski definition) is 4. The van der Waals surface area contributed by atoms with Crippen LogP contribution >= 0.6 is 11.6 Å². The van der Waals surface area contributed by atoms with Gasteiger partial charge in [-0.2, -0.15) is 8.78 Å². The number of rotatable bonds is 8. The first kappa shape index (κ1) is 22.2. The molecule has 0 bridgehead atoms. The lowest BCUT2D eigenvalue weighted by Crippen LogP contribution is -2.11. The van der Waals surface area contributed by atoms with Gasteiger partial charge in [-0.05, 0) is 42.0 Å². The largest absolute Gasteiger partial charge is 0.493 e. The summed E-state index contributed by atoms with van der Waals surface area (Å²) in [6.45, 7) is -1.25. The van der Waals surface area contributed by atoms with Crippen molar-refractivity contribution in [1.82, 2.24) is 0 Å². The van der Waals surface area contributed by atoms with E-state index in [1.165, 1.54) is 37.5 Å². The minimum atomic E-state index is -2.97. The van der Waals surface area contributed by atoms with E-state index in [-0.39, 0.29) is 17.4 Å². The zero-order valence-corrected chi connectivity index (χ0v) is 16.4. The summed E-state index contributed by atoms with van der Waals surface area (Å²) in [5, 5.41) is 5.59. The molecule has 0 aromatic heterocycles. The second-order valence-corrected chi connectivity index (χ2v) is 6.11. The van der Waals surface area contributed by atoms with Crippen molar-refractivity contribution in [2.75, 3.05) is 17.7 Å². The Bertz CT molecular complexity index is 919. The second-order valence-electron chi connectivity index (χ2n) is 5.71. The zero-order valence-electron chi connectivity index (χ0n) is 15.7. The third-order valence-corrected chi connectivity index (χ3v) is 3.99. The lowest BCUT2D eigenvalue weighted by atomic mass is 10.2. The van der Waals surface area contributed by atoms with E-state index in [1.807, 2.05) is 0 Å². The molecule has 0 unspecified atom stereocenters. The summed E-state index contributed by atoms with van der Waals surface area (Å²) in [5.74, 6) is -0.646. The third kappa shape index (κ3) is 6.76. The highest BCUT2D eigenvalue weighted by Gasteiger charge is 2.11. The molecule has 0 atom stereocenters. The SMILES string of the molecule is CCC(=O)Nc1ccc(Cl)c(NC(=O)/C=C/c2ccc(OC(F)F)c(OC)c2)c1. The molecule has 0 aliphatic heterocycles. The van der Waals surface area contributed by atoms with Crippen molar-refractivity contribution in [2.45, 2.75) is 20.0 Å². The predicted octanol–water partition coefficient (Wildman–Crippen LogP) is 4.95. The molecule has 0 fully saturated rings. The maximum Gasteiger partial charge on any atom is 0.387 e. The maximum atomic E-state index is 12.4. The van der Waals surface area contributed by atoms with E-state index in [9.17, 15) is 18.4 Å². The lowest BCUT2D eigenvalue weighted by molar-refractivity contribution is -0.116. The van der Waals surface area contributed by atoms with Gasteiger partial charge >= 0.3 is 6.61 Å². The summed E-state index contributed by atoms with van der Waals surface area (Å²) >= 11 is 6.08. The lowest BCUT2D eigenvalue weighted by Gasteiger charge is -2.10. The highest BCUT2D eigenvalue weighted by atomic mass is 35.5. The fourth-order valence-corrected chi connectivity index (χ4v) is 2.44. The normalized spacial score (nSPS) is 10.8. The van der Waals surface area contributed by atoms with Crippen LogP contribution in [0, 0.1) is 0 Å². The van der Waals surface area contributed by atoms with Gasteiger partial charge in [0.2, 0.25) is 11.8 Å². The molecule has 29 heavy (non-hydrogen) atoms. The van der Waals surface area contributed by atoms with Crippen molar-refractivity contribution in [1.29, 1.82) is 0 Å². The number of methoxy groups -OCH3 is 1. The number of halogens is 3. The van der Waals surface area contributed by atoms with Crippen LogP contribution in [0.25, 0.3) is 6.08 Å². The van der Waals surface area contributed by atoms with Gasteiger partial charge in [-0.15, -0.1) is 0 Å². The van der Waals surface area contributed by atoms with E-state index in [2.05, 4.69) is 15.4 Å². The van der Waals surface area contributed by atoms with E-state index < -0.39 is 12.5 Å². The van der Waals surface area contributed by atoms with Gasteiger partial charge in [-0.1, -0.05) is 24.6 Å². The number of carbonyl (C=O) groups is 2. The van der Waals surface area contributed by atoms with E-state index in [0.717, 1.165) is 0 Å². The molecule has 0 spiro atoms. The molecular weight excluding hydrogens is 406 g/mol. The molecule has 154 valence electrons. The number of nitrogens with one attached hydrogen (secondary N) is 2. The van der Waals surface area contributed by atoms with Crippen molar-refractivity contribution in [3.05, 3.63) is 53.1 Å². The summed E-state index contributed by atoms with van der Waals surface area (Å²) < 4.78 is 34.1. The first-order valence-electron chi connectivity index (χ1n) is 8.53. The summed E-state index contributed by atoms with van der Waals surface area (Å²) in [4.78, 5) is 23.7. The Labute approximate surface area is 171 Å². The Kier molecular flexibility index (Phi) is 7.97. The van der Waals surface area contributed by atoms with Gasteiger partial charge < -0.3 is 20.1 Å². The molecule has 0 heterocycles. The summed E-state index contributed by atoms with van der Waals surface area (Å²) in [7, 11) is 1.32. The molecule has 6 nitrogen and oxygen atoms in total. The minimum absolute atomic E-state index is 0.107. The molecule has 0 saturated carbocycles. The van der Waals surface area contributed by atoms with Crippen molar-refractivity contribution >= 4 is 40.9 Å². The smallest absolute Gasteiger partial charge is 0.387 e. The summed E-state index contributed by atoms with van der Waals surface area (Å²) in [6.07, 6.45) is 3.04. The minimum Gasteiger partial charge on any atom is -0.493 e. The van der Waals surface area contributed by atoms with Gasteiger partial charge in [0.15, 0.2) is 11.5 Å². The highest BCUT2D eigenvalue weighted by molar-refractivity contribution is 6.34. The Morgan fingerprint density at radius 1 is 1.14 bits per heavy atom. The van der Waals surface area contributed by atoms with E-state index >= 15 is 0 Å². The van der Waals surface area contributed by atoms with Gasteiger partial charge in [-0.25, -0.2) is 0 Å². The average Bonchev–Trinajstić information content (AvgIpc) is 2.69. The first-order valence-corrected chi connectivity index (χ1v) is 8.91. The van der Waals surface area contributed by atoms with Crippen LogP contribution in [-0.4, -0.2) is 25.5 Å². The van der Waals surface area contributed by atoms with Crippen LogP contribution in [-0.2, 0) is 9.59 Å². The van der Waals surface area contributed by atoms with Crippen molar-refractivity contribution in [3.63, 3.8) is 0 Å². The van der Waals surface area contributed by atoms with Gasteiger partial charge in [-0.3, -0.25) is 9.59 Å². The molecule has 0 aliphatic carbocycles. The number of alkyl halides is 2. The predicted molar refractivity (Wildman–Crippen MR) is 108 cm³/mol. The van der Waals surface area contributed by atoms with Crippen LogP contribution in [0.15, 0.2) is 42.5 Å². The molecule has 0 radical (unpaired) electrons. The highest BCUT2D eigenvalue weighted by Crippen LogP contribution is 2.30. The monoisotopic (exact) mass is 424 g/mol. The fraction of sp³-hybridized carbons (Fsp3) is 0.200. The van der Waals surface area contributed by atoms with Gasteiger partial charge in [0.1, 0.15) is 0 Å². The van der Waals surface area contributed by atoms with Crippen LogP contribution < -0.4 is 20.1 Å². The number of ether oxygens (including phenoxy) is 2. The Balaban J connectivity index is 2.10. The van der Waals surface area contributed by atoms with Crippen LogP contribution in [0.4, 0.5) is 20.2 Å². The molecule has 2 aromatic rings. The molecule has 9 heteroatoms. The van der Waals surface area contributed by atoms with Crippen molar-refractivity contribution in [2.24, 2.45) is 0 Å². The number of anilines is 2. The Morgan fingerprint density at radius 3 is 2.55 bits per heavy atom. The first-order chi connectivity index (χ1) is 13.8. The average molecular weight is 425 g/mol. The number of hydrogen-bond donors (Lipinski definition) is 2. The Hall–Kier alpha value is -3.13. The zero-order chi connectivity index (χ0) is 21.4.